The summed E-state index contributed by atoms with van der Waals surface area (Å²) in [5.74, 6) is 0.230. The third-order valence-electron chi connectivity index (χ3n) is 3.61. The second kappa shape index (κ2) is 5.84. The predicted molar refractivity (Wildman–Crippen MR) is 94.5 cm³/mol. The highest BCUT2D eigenvalue weighted by Gasteiger charge is 2.11. The number of aromatic nitrogens is 5. The molecule has 0 spiro atoms. The molecule has 0 saturated carbocycles. The zero-order valence-corrected chi connectivity index (χ0v) is 14.2. The van der Waals surface area contributed by atoms with Crippen molar-refractivity contribution < 1.29 is 0 Å². The van der Waals surface area contributed by atoms with Crippen LogP contribution in [0.15, 0.2) is 50.5 Å². The van der Waals surface area contributed by atoms with E-state index in [1.54, 1.807) is 31.3 Å². The maximum Gasteiger partial charge on any atom is 0.278 e. The van der Waals surface area contributed by atoms with Crippen molar-refractivity contribution in [1.82, 2.24) is 24.5 Å². The number of hydrogen-bond acceptors (Lipinski definition) is 7. The Morgan fingerprint density at radius 2 is 1.96 bits per heavy atom. The van der Waals surface area contributed by atoms with Gasteiger partial charge in [-0.05, 0) is 23.6 Å². The van der Waals surface area contributed by atoms with E-state index in [-0.39, 0.29) is 17.0 Å². The van der Waals surface area contributed by atoms with E-state index in [4.69, 9.17) is 0 Å². The van der Waals surface area contributed by atoms with Crippen molar-refractivity contribution in [2.45, 2.75) is 11.0 Å². The van der Waals surface area contributed by atoms with E-state index in [1.807, 2.05) is 11.4 Å². The fourth-order valence-corrected chi connectivity index (χ4v) is 3.99. The molecule has 120 valence electrons. The Hall–Kier alpha value is -2.52. The number of nitrogens with zero attached hydrogens (tertiary/aromatic N) is 5. The molecule has 0 aliphatic rings. The maximum atomic E-state index is 12.4. The first kappa shape index (κ1) is 15.0. The molecule has 0 radical (unpaired) electrons. The number of thioether (sulfide) groups is 1. The van der Waals surface area contributed by atoms with Crippen molar-refractivity contribution in [2.24, 2.45) is 7.05 Å². The summed E-state index contributed by atoms with van der Waals surface area (Å²) in [6, 6.07) is 8.84. The van der Waals surface area contributed by atoms with Gasteiger partial charge in [-0.3, -0.25) is 14.2 Å². The van der Waals surface area contributed by atoms with Gasteiger partial charge >= 0.3 is 0 Å². The summed E-state index contributed by atoms with van der Waals surface area (Å²) >= 11 is 2.69. The third kappa shape index (κ3) is 2.42. The zero-order chi connectivity index (χ0) is 16.7. The number of fused-ring (bicyclic) bond motifs is 2. The third-order valence-corrected chi connectivity index (χ3v) is 5.41. The second-order valence-corrected chi connectivity index (χ2v) is 6.89. The summed E-state index contributed by atoms with van der Waals surface area (Å²) in [5.41, 5.74) is 0.255. The van der Waals surface area contributed by atoms with Crippen LogP contribution in [0, 0.1) is 0 Å². The van der Waals surface area contributed by atoms with Crippen LogP contribution in [0.4, 0.5) is 0 Å². The Bertz CT molecular complexity index is 1180. The van der Waals surface area contributed by atoms with Crippen LogP contribution in [0.3, 0.4) is 0 Å². The minimum absolute atomic E-state index is 0.0966. The molecule has 7 nitrogen and oxygen atoms in total. The summed E-state index contributed by atoms with van der Waals surface area (Å²) < 4.78 is 2.76. The van der Waals surface area contributed by atoms with Crippen molar-refractivity contribution in [2.75, 3.05) is 0 Å². The van der Waals surface area contributed by atoms with Crippen molar-refractivity contribution in [1.29, 1.82) is 0 Å². The van der Waals surface area contributed by atoms with Crippen LogP contribution in [-0.2, 0) is 12.9 Å². The standard InChI is InChI=1S/C15H11N5O2S2/c1-19-13(21)10-6-7-23-12(10)16-15(19)24-8-20-14(22)9-4-2-3-5-11(9)17-18-20/h2-7H,8H2,1H3. The normalized spacial score (nSPS) is 11.4. The lowest BCUT2D eigenvalue weighted by Gasteiger charge is -2.08. The Morgan fingerprint density at radius 3 is 2.83 bits per heavy atom. The molecular weight excluding hydrogens is 346 g/mol. The second-order valence-electron chi connectivity index (χ2n) is 5.08. The first-order valence-electron chi connectivity index (χ1n) is 7.05. The molecule has 0 atom stereocenters. The number of rotatable bonds is 3. The fraction of sp³-hybridized carbons (Fsp3) is 0.133. The maximum absolute atomic E-state index is 12.4. The lowest BCUT2D eigenvalue weighted by molar-refractivity contribution is 0.639. The van der Waals surface area contributed by atoms with Crippen LogP contribution in [0.25, 0.3) is 21.1 Å². The molecule has 0 aliphatic carbocycles. The molecule has 3 aromatic heterocycles. The molecule has 0 bridgehead atoms. The SMILES string of the molecule is Cn1c(SCn2nnc3ccccc3c2=O)nc2sccc2c1=O. The average Bonchev–Trinajstić information content (AvgIpc) is 3.07. The molecule has 1 aromatic carbocycles. The quantitative estimate of drug-likeness (QED) is 0.411. The van der Waals surface area contributed by atoms with Gasteiger partial charge in [0.2, 0.25) is 0 Å². The van der Waals surface area contributed by atoms with Gasteiger partial charge in [0, 0.05) is 7.05 Å². The summed E-state index contributed by atoms with van der Waals surface area (Å²) in [6.07, 6.45) is 0. The Morgan fingerprint density at radius 1 is 1.12 bits per heavy atom. The Labute approximate surface area is 143 Å². The van der Waals surface area contributed by atoms with E-state index in [1.165, 1.54) is 32.3 Å². The molecule has 0 unspecified atom stereocenters. The predicted octanol–water partition coefficient (Wildman–Crippen LogP) is 1.85. The van der Waals surface area contributed by atoms with Crippen molar-refractivity contribution in [3.63, 3.8) is 0 Å². The van der Waals surface area contributed by atoms with Gasteiger partial charge in [-0.15, -0.1) is 16.4 Å². The highest BCUT2D eigenvalue weighted by Crippen LogP contribution is 2.21. The molecule has 0 saturated heterocycles. The highest BCUT2D eigenvalue weighted by molar-refractivity contribution is 7.98. The van der Waals surface area contributed by atoms with Crippen LogP contribution in [-0.4, -0.2) is 24.5 Å². The van der Waals surface area contributed by atoms with Gasteiger partial charge in [0.15, 0.2) is 5.16 Å². The van der Waals surface area contributed by atoms with Crippen LogP contribution < -0.4 is 11.1 Å². The van der Waals surface area contributed by atoms with Gasteiger partial charge < -0.3 is 0 Å². The van der Waals surface area contributed by atoms with Crippen LogP contribution in [0.5, 0.6) is 0 Å². The zero-order valence-electron chi connectivity index (χ0n) is 12.5. The molecule has 0 N–H and O–H groups in total. The van der Waals surface area contributed by atoms with Crippen LogP contribution >= 0.6 is 23.1 Å². The van der Waals surface area contributed by atoms with Gasteiger partial charge in [0.25, 0.3) is 11.1 Å². The lowest BCUT2D eigenvalue weighted by atomic mass is 10.2. The largest absolute Gasteiger partial charge is 0.290 e. The number of thiophene rings is 1. The summed E-state index contributed by atoms with van der Waals surface area (Å²) in [4.78, 5) is 29.9. The van der Waals surface area contributed by atoms with Crippen molar-refractivity contribution >= 4 is 44.2 Å². The monoisotopic (exact) mass is 357 g/mol. The molecular formula is C15H11N5O2S2. The molecule has 3 heterocycles. The molecule has 0 amide bonds. The molecule has 0 aliphatic heterocycles. The van der Waals surface area contributed by atoms with Crippen LogP contribution in [0.2, 0.25) is 0 Å². The van der Waals surface area contributed by atoms with E-state index in [2.05, 4.69) is 15.3 Å². The van der Waals surface area contributed by atoms with Crippen LogP contribution in [0.1, 0.15) is 0 Å². The molecule has 9 heteroatoms. The fourth-order valence-electron chi connectivity index (χ4n) is 2.34. The smallest absolute Gasteiger partial charge is 0.278 e. The van der Waals surface area contributed by atoms with Gasteiger partial charge in [0.05, 0.1) is 16.6 Å². The van der Waals surface area contributed by atoms with E-state index < -0.39 is 0 Å². The first-order chi connectivity index (χ1) is 11.6. The molecule has 4 rings (SSSR count). The van der Waals surface area contributed by atoms with Gasteiger partial charge in [-0.25, -0.2) is 4.98 Å². The van der Waals surface area contributed by atoms with Gasteiger partial charge in [-0.2, -0.15) is 4.68 Å². The van der Waals surface area contributed by atoms with Gasteiger partial charge in [-0.1, -0.05) is 29.1 Å². The number of benzene rings is 1. The molecule has 0 fully saturated rings. The molecule has 24 heavy (non-hydrogen) atoms. The molecule has 4 aromatic rings. The Kier molecular flexibility index (Phi) is 3.66. The van der Waals surface area contributed by atoms with E-state index >= 15 is 0 Å². The van der Waals surface area contributed by atoms with Crippen molar-refractivity contribution in [3.8, 4) is 0 Å². The number of hydrogen-bond donors (Lipinski definition) is 0. The van der Waals surface area contributed by atoms with E-state index in [0.29, 0.717) is 26.3 Å². The summed E-state index contributed by atoms with van der Waals surface area (Å²) in [7, 11) is 1.67. The van der Waals surface area contributed by atoms with Crippen molar-refractivity contribution in [3.05, 3.63) is 56.4 Å². The Balaban J connectivity index is 1.71. The highest BCUT2D eigenvalue weighted by atomic mass is 32.2. The van der Waals surface area contributed by atoms with E-state index in [9.17, 15) is 9.59 Å². The minimum atomic E-state index is -0.213. The summed E-state index contributed by atoms with van der Waals surface area (Å²) in [5, 5.41) is 11.5. The van der Waals surface area contributed by atoms with Gasteiger partial charge in [0.1, 0.15) is 10.3 Å². The lowest BCUT2D eigenvalue weighted by Crippen LogP contribution is -2.24. The average molecular weight is 357 g/mol. The first-order valence-corrected chi connectivity index (χ1v) is 8.91. The summed E-state index contributed by atoms with van der Waals surface area (Å²) in [6.45, 7) is 0. The minimum Gasteiger partial charge on any atom is -0.290 e. The van der Waals surface area contributed by atoms with E-state index in [0.717, 1.165) is 0 Å². The topological polar surface area (TPSA) is 82.7 Å².